The maximum Gasteiger partial charge on any atom is 0.141 e. The first-order valence-electron chi connectivity index (χ1n) is 6.71. The number of nitrogens with two attached hydrogens (primary N) is 1. The third kappa shape index (κ3) is 2.75. The van der Waals surface area contributed by atoms with Crippen molar-refractivity contribution in [1.29, 1.82) is 0 Å². The van der Waals surface area contributed by atoms with Gasteiger partial charge in [0.1, 0.15) is 16.0 Å². The van der Waals surface area contributed by atoms with E-state index in [-0.39, 0.29) is 5.54 Å². The molecule has 0 aliphatic heterocycles. The Morgan fingerprint density at radius 2 is 1.84 bits per heavy atom. The van der Waals surface area contributed by atoms with Gasteiger partial charge < -0.3 is 15.2 Å². The van der Waals surface area contributed by atoms with Gasteiger partial charge in [0.15, 0.2) is 0 Å². The Bertz CT molecular complexity index is 454. The fourth-order valence-electron chi connectivity index (χ4n) is 2.83. The highest BCUT2D eigenvalue weighted by molar-refractivity contribution is 9.10. The van der Waals surface area contributed by atoms with Crippen molar-refractivity contribution in [2.75, 3.05) is 14.2 Å². The summed E-state index contributed by atoms with van der Waals surface area (Å²) in [4.78, 5) is 0. The van der Waals surface area contributed by atoms with Crippen LogP contribution in [0.5, 0.6) is 11.5 Å². The molecule has 106 valence electrons. The molecule has 0 aromatic heterocycles. The van der Waals surface area contributed by atoms with E-state index in [1.807, 2.05) is 12.1 Å². The van der Waals surface area contributed by atoms with E-state index in [0.29, 0.717) is 0 Å². The minimum Gasteiger partial charge on any atom is -0.495 e. The summed E-state index contributed by atoms with van der Waals surface area (Å²) in [7, 11) is 3.33. The molecule has 0 unspecified atom stereocenters. The summed E-state index contributed by atoms with van der Waals surface area (Å²) < 4.78 is 11.7. The normalized spacial score (nSPS) is 27.1. The van der Waals surface area contributed by atoms with Crippen LogP contribution >= 0.6 is 15.9 Å². The number of halogens is 1. The standard InChI is InChI=1S/C15H22BrNO2/c1-10-6-8-15(17,9-7-10)11-4-5-12(18-2)13(16)14(11)19-3/h4-5,10H,6-9,17H2,1-3H3. The Labute approximate surface area is 123 Å². The lowest BCUT2D eigenvalue weighted by Gasteiger charge is -2.37. The van der Waals surface area contributed by atoms with Crippen molar-refractivity contribution in [2.45, 2.75) is 38.1 Å². The van der Waals surface area contributed by atoms with E-state index >= 15 is 0 Å². The molecule has 0 atom stereocenters. The van der Waals surface area contributed by atoms with Crippen LogP contribution in [-0.2, 0) is 5.54 Å². The fourth-order valence-corrected chi connectivity index (χ4v) is 3.50. The van der Waals surface area contributed by atoms with Crippen LogP contribution in [-0.4, -0.2) is 14.2 Å². The van der Waals surface area contributed by atoms with Gasteiger partial charge >= 0.3 is 0 Å². The van der Waals surface area contributed by atoms with Crippen LogP contribution in [0.3, 0.4) is 0 Å². The molecule has 0 bridgehead atoms. The number of rotatable bonds is 3. The molecule has 0 heterocycles. The molecule has 0 spiro atoms. The van der Waals surface area contributed by atoms with E-state index in [4.69, 9.17) is 15.2 Å². The fraction of sp³-hybridized carbons (Fsp3) is 0.600. The Balaban J connectivity index is 2.42. The Morgan fingerprint density at radius 1 is 1.21 bits per heavy atom. The Hall–Kier alpha value is -0.740. The quantitative estimate of drug-likeness (QED) is 0.917. The summed E-state index contributed by atoms with van der Waals surface area (Å²) in [6, 6.07) is 3.99. The van der Waals surface area contributed by atoms with Crippen molar-refractivity contribution in [3.8, 4) is 11.5 Å². The second kappa shape index (κ2) is 5.71. The zero-order valence-electron chi connectivity index (χ0n) is 11.8. The van der Waals surface area contributed by atoms with Gasteiger partial charge in [-0.3, -0.25) is 0 Å². The molecule has 1 fully saturated rings. The average molecular weight is 328 g/mol. The van der Waals surface area contributed by atoms with Gasteiger partial charge in [-0.25, -0.2) is 0 Å². The summed E-state index contributed by atoms with van der Waals surface area (Å²) in [6.45, 7) is 2.29. The second-order valence-electron chi connectivity index (χ2n) is 5.50. The topological polar surface area (TPSA) is 44.5 Å². The summed E-state index contributed by atoms with van der Waals surface area (Å²) >= 11 is 3.55. The third-order valence-electron chi connectivity index (χ3n) is 4.19. The Kier molecular flexibility index (Phi) is 4.41. The number of benzene rings is 1. The molecule has 1 saturated carbocycles. The van der Waals surface area contributed by atoms with Gasteiger partial charge in [0.25, 0.3) is 0 Å². The van der Waals surface area contributed by atoms with Crippen molar-refractivity contribution in [3.05, 3.63) is 22.2 Å². The summed E-state index contributed by atoms with van der Waals surface area (Å²) in [6.07, 6.45) is 4.35. The molecule has 2 rings (SSSR count). The maximum atomic E-state index is 6.64. The third-order valence-corrected chi connectivity index (χ3v) is 4.94. The van der Waals surface area contributed by atoms with Crippen LogP contribution in [0.4, 0.5) is 0 Å². The number of hydrogen-bond acceptors (Lipinski definition) is 3. The van der Waals surface area contributed by atoms with E-state index in [0.717, 1.165) is 40.3 Å². The first kappa shape index (κ1) is 14.7. The van der Waals surface area contributed by atoms with E-state index in [9.17, 15) is 0 Å². The molecule has 1 aliphatic carbocycles. The molecule has 1 aliphatic rings. The molecule has 2 N–H and O–H groups in total. The lowest BCUT2D eigenvalue weighted by atomic mass is 9.73. The monoisotopic (exact) mass is 327 g/mol. The van der Waals surface area contributed by atoms with Gasteiger partial charge in [-0.15, -0.1) is 0 Å². The maximum absolute atomic E-state index is 6.64. The van der Waals surface area contributed by atoms with Gasteiger partial charge in [0, 0.05) is 11.1 Å². The van der Waals surface area contributed by atoms with Crippen molar-refractivity contribution in [2.24, 2.45) is 11.7 Å². The smallest absolute Gasteiger partial charge is 0.141 e. The van der Waals surface area contributed by atoms with Crippen LogP contribution in [0, 0.1) is 5.92 Å². The van der Waals surface area contributed by atoms with Gasteiger partial charge in [0.05, 0.1) is 14.2 Å². The van der Waals surface area contributed by atoms with E-state index in [2.05, 4.69) is 22.9 Å². The molecule has 19 heavy (non-hydrogen) atoms. The predicted molar refractivity (Wildman–Crippen MR) is 80.7 cm³/mol. The van der Waals surface area contributed by atoms with E-state index < -0.39 is 0 Å². The highest BCUT2D eigenvalue weighted by Crippen LogP contribution is 2.46. The first-order chi connectivity index (χ1) is 9.01. The highest BCUT2D eigenvalue weighted by Gasteiger charge is 2.35. The van der Waals surface area contributed by atoms with Crippen LogP contribution in [0.2, 0.25) is 0 Å². The lowest BCUT2D eigenvalue weighted by Crippen LogP contribution is -2.40. The van der Waals surface area contributed by atoms with Crippen LogP contribution in [0.25, 0.3) is 0 Å². The number of ether oxygens (including phenoxy) is 2. The second-order valence-corrected chi connectivity index (χ2v) is 6.29. The SMILES string of the molecule is COc1ccc(C2(N)CCC(C)CC2)c(OC)c1Br. The lowest BCUT2D eigenvalue weighted by molar-refractivity contribution is 0.240. The first-order valence-corrected chi connectivity index (χ1v) is 7.51. The van der Waals surface area contributed by atoms with Crippen molar-refractivity contribution in [3.63, 3.8) is 0 Å². The molecule has 1 aromatic rings. The summed E-state index contributed by atoms with van der Waals surface area (Å²) in [5, 5.41) is 0. The van der Waals surface area contributed by atoms with Crippen molar-refractivity contribution in [1.82, 2.24) is 0 Å². The Morgan fingerprint density at radius 3 is 2.37 bits per heavy atom. The van der Waals surface area contributed by atoms with Crippen molar-refractivity contribution >= 4 is 15.9 Å². The minimum atomic E-state index is -0.285. The molecule has 0 saturated heterocycles. The molecular weight excluding hydrogens is 306 g/mol. The van der Waals surface area contributed by atoms with Crippen molar-refractivity contribution < 1.29 is 9.47 Å². The molecule has 0 amide bonds. The van der Waals surface area contributed by atoms with Gasteiger partial charge in [-0.1, -0.05) is 6.92 Å². The minimum absolute atomic E-state index is 0.285. The largest absolute Gasteiger partial charge is 0.495 e. The zero-order valence-corrected chi connectivity index (χ0v) is 13.4. The summed E-state index contributed by atoms with van der Waals surface area (Å²) in [5.41, 5.74) is 7.43. The van der Waals surface area contributed by atoms with Gasteiger partial charge in [0.2, 0.25) is 0 Å². The molecule has 3 nitrogen and oxygen atoms in total. The van der Waals surface area contributed by atoms with Gasteiger partial charge in [-0.05, 0) is 59.7 Å². The van der Waals surface area contributed by atoms with E-state index in [1.165, 1.54) is 12.8 Å². The molecule has 4 heteroatoms. The zero-order chi connectivity index (χ0) is 14.0. The van der Waals surface area contributed by atoms with Crippen LogP contribution in [0.1, 0.15) is 38.2 Å². The highest BCUT2D eigenvalue weighted by atomic mass is 79.9. The predicted octanol–water partition coefficient (Wildman–Crippen LogP) is 3.83. The molecule has 0 radical (unpaired) electrons. The average Bonchev–Trinajstić information content (AvgIpc) is 2.42. The van der Waals surface area contributed by atoms with E-state index in [1.54, 1.807) is 14.2 Å². The number of methoxy groups -OCH3 is 2. The molecule has 1 aromatic carbocycles. The van der Waals surface area contributed by atoms with Crippen LogP contribution in [0.15, 0.2) is 16.6 Å². The van der Waals surface area contributed by atoms with Gasteiger partial charge in [-0.2, -0.15) is 0 Å². The summed E-state index contributed by atoms with van der Waals surface area (Å²) in [5.74, 6) is 2.34. The number of hydrogen-bond donors (Lipinski definition) is 1. The molecular formula is C15H22BrNO2. The van der Waals surface area contributed by atoms with Crippen LogP contribution < -0.4 is 15.2 Å².